The Morgan fingerprint density at radius 2 is 1.53 bits per heavy atom. The molecular weight excluding hydrogens is 424 g/mol. The number of hydrogen-bond donors (Lipinski definition) is 0. The molecule has 0 aromatic carbocycles. The van der Waals surface area contributed by atoms with Crippen LogP contribution in [0.4, 0.5) is 0 Å². The molecular formula is C30H46O4. The van der Waals surface area contributed by atoms with Crippen LogP contribution >= 0.6 is 0 Å². The van der Waals surface area contributed by atoms with Gasteiger partial charge in [0.25, 0.3) is 0 Å². The van der Waals surface area contributed by atoms with Crippen molar-refractivity contribution < 1.29 is 19.1 Å². The van der Waals surface area contributed by atoms with E-state index in [1.165, 1.54) is 7.11 Å². The second-order valence-corrected chi connectivity index (χ2v) is 14.8. The Morgan fingerprint density at radius 1 is 0.824 bits per heavy atom. The second kappa shape index (κ2) is 7.42. The summed E-state index contributed by atoms with van der Waals surface area (Å²) in [5, 5.41) is 0. The van der Waals surface area contributed by atoms with E-state index in [0.717, 1.165) is 51.4 Å². The molecule has 0 radical (unpaired) electrons. The van der Waals surface area contributed by atoms with Gasteiger partial charge in [0.15, 0.2) is 0 Å². The van der Waals surface area contributed by atoms with Crippen LogP contribution < -0.4 is 0 Å². The first-order valence-electron chi connectivity index (χ1n) is 13.9. The minimum Gasteiger partial charge on any atom is -0.469 e. The molecule has 8 unspecified atom stereocenters. The van der Waals surface area contributed by atoms with Crippen LogP contribution in [0, 0.1) is 56.7 Å². The lowest BCUT2D eigenvalue weighted by Gasteiger charge is -2.68. The number of carbonyl (C=O) groups is 3. The van der Waals surface area contributed by atoms with Crippen LogP contribution in [0.3, 0.4) is 0 Å². The maximum atomic E-state index is 14.2. The van der Waals surface area contributed by atoms with E-state index in [9.17, 15) is 14.4 Å². The molecule has 0 aromatic rings. The quantitative estimate of drug-likeness (QED) is 0.416. The van der Waals surface area contributed by atoms with E-state index in [2.05, 4.69) is 41.5 Å². The maximum Gasteiger partial charge on any atom is 0.312 e. The summed E-state index contributed by atoms with van der Waals surface area (Å²) in [6.45, 7) is 13.8. The topological polar surface area (TPSA) is 60.4 Å². The molecule has 34 heavy (non-hydrogen) atoms. The number of hydrogen-bond acceptors (Lipinski definition) is 4. The summed E-state index contributed by atoms with van der Waals surface area (Å²) >= 11 is 0. The SMILES string of the molecule is COC(=O)C12CCC3C(C(=O)CC4C3(C)CCC3C(C)(C)C(=O)CCC34C)C1CC(C)(C)CC2. The zero-order valence-electron chi connectivity index (χ0n) is 22.6. The smallest absolute Gasteiger partial charge is 0.312 e. The van der Waals surface area contributed by atoms with E-state index in [1.54, 1.807) is 0 Å². The standard InChI is InChI=1S/C30H46O4/c1-26(2)14-15-30(25(33)34-7)13-8-18-24(19(30)17-26)20(31)16-22-28(18,5)11-9-21-27(3,4)23(32)10-12-29(21,22)6/h18-19,21-22,24H,8-17H2,1-7H3. The van der Waals surface area contributed by atoms with Gasteiger partial charge in [-0.1, -0.05) is 41.5 Å². The zero-order chi connectivity index (χ0) is 24.9. The minimum absolute atomic E-state index is 0.0212. The molecule has 0 bridgehead atoms. The van der Waals surface area contributed by atoms with E-state index in [0.29, 0.717) is 42.2 Å². The normalized spacial score (nSPS) is 49.2. The molecule has 0 spiro atoms. The summed E-state index contributed by atoms with van der Waals surface area (Å²) < 4.78 is 5.40. The number of esters is 1. The Morgan fingerprint density at radius 3 is 2.21 bits per heavy atom. The molecule has 4 nitrogen and oxygen atoms in total. The van der Waals surface area contributed by atoms with Gasteiger partial charge in [-0.3, -0.25) is 14.4 Å². The first-order chi connectivity index (χ1) is 15.7. The Bertz CT molecular complexity index is 917. The molecule has 0 aliphatic heterocycles. The third-order valence-corrected chi connectivity index (χ3v) is 12.6. The summed E-state index contributed by atoms with van der Waals surface area (Å²) in [6, 6.07) is 0. The average molecular weight is 471 g/mol. The number of carbonyl (C=O) groups excluding carboxylic acids is 3. The van der Waals surface area contributed by atoms with E-state index < -0.39 is 5.41 Å². The number of ketones is 2. The van der Waals surface area contributed by atoms with E-state index in [4.69, 9.17) is 4.74 Å². The number of rotatable bonds is 1. The third kappa shape index (κ3) is 3.05. The Labute approximate surface area is 206 Å². The van der Waals surface area contributed by atoms with Gasteiger partial charge in [0.1, 0.15) is 11.6 Å². The molecule has 0 heterocycles. The molecule has 190 valence electrons. The summed E-state index contributed by atoms with van der Waals surface area (Å²) in [6.07, 6.45) is 9.02. The summed E-state index contributed by atoms with van der Waals surface area (Å²) in [4.78, 5) is 40.3. The van der Waals surface area contributed by atoms with Crippen molar-refractivity contribution in [2.45, 2.75) is 106 Å². The van der Waals surface area contributed by atoms with Gasteiger partial charge in [-0.05, 0) is 91.3 Å². The predicted molar refractivity (Wildman–Crippen MR) is 132 cm³/mol. The van der Waals surface area contributed by atoms with Gasteiger partial charge in [0.2, 0.25) is 0 Å². The number of methoxy groups -OCH3 is 1. The molecule has 8 atom stereocenters. The van der Waals surface area contributed by atoms with Crippen molar-refractivity contribution in [3.8, 4) is 0 Å². The van der Waals surface area contributed by atoms with Gasteiger partial charge in [0, 0.05) is 24.2 Å². The molecule has 5 rings (SSSR count). The van der Waals surface area contributed by atoms with Crippen LogP contribution in [-0.2, 0) is 19.1 Å². The van der Waals surface area contributed by atoms with E-state index in [1.807, 2.05) is 0 Å². The summed E-state index contributed by atoms with van der Waals surface area (Å²) in [5.74, 6) is 1.85. The number of fused-ring (bicyclic) bond motifs is 7. The molecule has 5 fully saturated rings. The van der Waals surface area contributed by atoms with E-state index in [-0.39, 0.29) is 39.5 Å². The maximum absolute atomic E-state index is 14.2. The van der Waals surface area contributed by atoms with Crippen LogP contribution in [0.1, 0.15) is 106 Å². The van der Waals surface area contributed by atoms with Crippen molar-refractivity contribution >= 4 is 17.5 Å². The first-order valence-corrected chi connectivity index (χ1v) is 13.9. The first kappa shape index (κ1) is 24.5. The van der Waals surface area contributed by atoms with Gasteiger partial charge >= 0.3 is 5.97 Å². The second-order valence-electron chi connectivity index (χ2n) is 14.8. The van der Waals surface area contributed by atoms with Crippen molar-refractivity contribution in [3.05, 3.63) is 0 Å². The average Bonchev–Trinajstić information content (AvgIpc) is 2.76. The molecule has 5 aliphatic carbocycles. The highest BCUT2D eigenvalue weighted by molar-refractivity contribution is 5.87. The van der Waals surface area contributed by atoms with Crippen LogP contribution in [0.5, 0.6) is 0 Å². The van der Waals surface area contributed by atoms with Crippen molar-refractivity contribution in [2.75, 3.05) is 7.11 Å². The van der Waals surface area contributed by atoms with Gasteiger partial charge < -0.3 is 4.74 Å². The van der Waals surface area contributed by atoms with Crippen LogP contribution in [-0.4, -0.2) is 24.6 Å². The number of Topliss-reactive ketones (excluding diaryl/α,β-unsaturated/α-hetero) is 2. The molecule has 4 heteroatoms. The largest absolute Gasteiger partial charge is 0.469 e. The van der Waals surface area contributed by atoms with Crippen LogP contribution in [0.25, 0.3) is 0 Å². The van der Waals surface area contributed by atoms with Crippen LogP contribution in [0.2, 0.25) is 0 Å². The predicted octanol–water partition coefficient (Wildman–Crippen LogP) is 6.40. The highest BCUT2D eigenvalue weighted by atomic mass is 16.5. The van der Waals surface area contributed by atoms with Gasteiger partial charge in [-0.2, -0.15) is 0 Å². The van der Waals surface area contributed by atoms with Crippen molar-refractivity contribution in [3.63, 3.8) is 0 Å². The number of ether oxygens (including phenoxy) is 1. The lowest BCUT2D eigenvalue weighted by atomic mass is 9.35. The Kier molecular flexibility index (Phi) is 5.34. The summed E-state index contributed by atoms with van der Waals surface area (Å²) in [7, 11) is 1.52. The molecule has 0 aromatic heterocycles. The molecule has 0 saturated heterocycles. The summed E-state index contributed by atoms with van der Waals surface area (Å²) in [5.41, 5.74) is -0.490. The van der Waals surface area contributed by atoms with Gasteiger partial charge in [0.05, 0.1) is 12.5 Å². The van der Waals surface area contributed by atoms with E-state index >= 15 is 0 Å². The lowest BCUT2D eigenvalue weighted by molar-refractivity contribution is -0.209. The van der Waals surface area contributed by atoms with Gasteiger partial charge in [-0.25, -0.2) is 0 Å². The Balaban J connectivity index is 1.55. The molecule has 5 saturated carbocycles. The fourth-order valence-electron chi connectivity index (χ4n) is 10.7. The molecule has 5 aliphatic rings. The third-order valence-electron chi connectivity index (χ3n) is 12.6. The van der Waals surface area contributed by atoms with Crippen molar-refractivity contribution in [1.82, 2.24) is 0 Å². The van der Waals surface area contributed by atoms with Crippen LogP contribution in [0.15, 0.2) is 0 Å². The monoisotopic (exact) mass is 470 g/mol. The fourth-order valence-corrected chi connectivity index (χ4v) is 10.7. The van der Waals surface area contributed by atoms with Gasteiger partial charge in [-0.15, -0.1) is 0 Å². The highest BCUT2D eigenvalue weighted by Crippen LogP contribution is 2.72. The van der Waals surface area contributed by atoms with Crippen molar-refractivity contribution in [1.29, 1.82) is 0 Å². The Hall–Kier alpha value is -1.19. The fraction of sp³-hybridized carbons (Fsp3) is 0.900. The zero-order valence-corrected chi connectivity index (χ0v) is 22.6. The molecule has 0 amide bonds. The molecule has 0 N–H and O–H groups in total. The highest BCUT2D eigenvalue weighted by Gasteiger charge is 2.69. The minimum atomic E-state index is -0.482. The lowest BCUT2D eigenvalue weighted by Crippen LogP contribution is -2.66. The van der Waals surface area contributed by atoms with Crippen molar-refractivity contribution in [2.24, 2.45) is 56.7 Å².